The first-order valence-electron chi connectivity index (χ1n) is 6.04. The molecule has 0 amide bonds. The molecule has 0 saturated heterocycles. The van der Waals surface area contributed by atoms with E-state index in [1.807, 2.05) is 0 Å². The Labute approximate surface area is 105 Å². The van der Waals surface area contributed by atoms with Gasteiger partial charge in [-0.1, -0.05) is 0 Å². The van der Waals surface area contributed by atoms with Gasteiger partial charge in [0.05, 0.1) is 7.11 Å². The average Bonchev–Trinajstić information content (AvgIpc) is 2.68. The summed E-state index contributed by atoms with van der Waals surface area (Å²) in [5, 5.41) is 0. The van der Waals surface area contributed by atoms with Gasteiger partial charge in [-0.15, -0.1) is 0 Å². The molecule has 0 spiro atoms. The van der Waals surface area contributed by atoms with Gasteiger partial charge in [0, 0.05) is 17.9 Å². The first-order valence-corrected chi connectivity index (χ1v) is 6.04. The molecule has 5 nitrogen and oxygen atoms in total. The van der Waals surface area contributed by atoms with Crippen molar-refractivity contribution in [3.63, 3.8) is 0 Å². The third-order valence-electron chi connectivity index (χ3n) is 3.59. The highest BCUT2D eigenvalue weighted by Crippen LogP contribution is 2.35. The standard InChI is InChI=1S/C13H16O5/c1-7-6-10(18-12(7)15)8-4-3-5-9(14)11(8)13(16)17-2/h6,8,10-11H,3-5H2,1-2H3/t8-,10-,11?/m1/s1. The molecule has 1 aliphatic heterocycles. The van der Waals surface area contributed by atoms with Crippen LogP contribution in [0.4, 0.5) is 0 Å². The Hall–Kier alpha value is -1.65. The maximum Gasteiger partial charge on any atom is 0.334 e. The van der Waals surface area contributed by atoms with Crippen LogP contribution < -0.4 is 0 Å². The minimum Gasteiger partial charge on any atom is -0.468 e. The van der Waals surface area contributed by atoms with Gasteiger partial charge >= 0.3 is 11.9 Å². The van der Waals surface area contributed by atoms with Crippen molar-refractivity contribution in [3.05, 3.63) is 11.6 Å². The molecule has 1 unspecified atom stereocenters. The number of ether oxygens (including phenoxy) is 2. The number of hydrogen-bond acceptors (Lipinski definition) is 5. The van der Waals surface area contributed by atoms with Crippen LogP contribution in [0.5, 0.6) is 0 Å². The molecule has 0 aromatic heterocycles. The highest BCUT2D eigenvalue weighted by atomic mass is 16.5. The molecule has 0 radical (unpaired) electrons. The second-order valence-electron chi connectivity index (χ2n) is 4.74. The molecule has 0 bridgehead atoms. The maximum absolute atomic E-state index is 11.9. The maximum atomic E-state index is 11.9. The lowest BCUT2D eigenvalue weighted by Gasteiger charge is -2.31. The minimum absolute atomic E-state index is 0.118. The highest BCUT2D eigenvalue weighted by Gasteiger charge is 2.44. The zero-order valence-electron chi connectivity index (χ0n) is 10.5. The van der Waals surface area contributed by atoms with Crippen molar-refractivity contribution >= 4 is 17.7 Å². The van der Waals surface area contributed by atoms with E-state index < -0.39 is 18.0 Å². The smallest absolute Gasteiger partial charge is 0.334 e. The van der Waals surface area contributed by atoms with Gasteiger partial charge < -0.3 is 9.47 Å². The molecular weight excluding hydrogens is 236 g/mol. The lowest BCUT2D eigenvalue weighted by atomic mass is 9.75. The fourth-order valence-electron chi connectivity index (χ4n) is 2.64. The van der Waals surface area contributed by atoms with E-state index >= 15 is 0 Å². The Morgan fingerprint density at radius 3 is 2.72 bits per heavy atom. The Balaban J connectivity index is 2.22. The van der Waals surface area contributed by atoms with Crippen molar-refractivity contribution in [1.82, 2.24) is 0 Å². The minimum atomic E-state index is -0.802. The van der Waals surface area contributed by atoms with Crippen LogP contribution in [-0.2, 0) is 23.9 Å². The molecule has 1 fully saturated rings. The molecule has 0 aromatic carbocycles. The van der Waals surface area contributed by atoms with Gasteiger partial charge in [-0.05, 0) is 25.8 Å². The summed E-state index contributed by atoms with van der Waals surface area (Å²) in [6.45, 7) is 1.67. The van der Waals surface area contributed by atoms with Crippen molar-refractivity contribution in [1.29, 1.82) is 0 Å². The van der Waals surface area contributed by atoms with E-state index in [-0.39, 0.29) is 17.7 Å². The molecule has 0 aromatic rings. The van der Waals surface area contributed by atoms with Crippen molar-refractivity contribution in [2.45, 2.75) is 32.3 Å². The fraction of sp³-hybridized carbons (Fsp3) is 0.615. The highest BCUT2D eigenvalue weighted by molar-refractivity contribution is 6.00. The van der Waals surface area contributed by atoms with Crippen LogP contribution in [-0.4, -0.2) is 30.9 Å². The monoisotopic (exact) mass is 252 g/mol. The number of ketones is 1. The van der Waals surface area contributed by atoms with E-state index in [1.54, 1.807) is 13.0 Å². The van der Waals surface area contributed by atoms with Crippen LogP contribution in [0.3, 0.4) is 0 Å². The Morgan fingerprint density at radius 2 is 2.17 bits per heavy atom. The molecule has 18 heavy (non-hydrogen) atoms. The van der Waals surface area contributed by atoms with Gasteiger partial charge in [-0.3, -0.25) is 9.59 Å². The molecule has 2 aliphatic rings. The van der Waals surface area contributed by atoms with Gasteiger partial charge in [0.2, 0.25) is 0 Å². The summed E-state index contributed by atoms with van der Waals surface area (Å²) in [6.07, 6.45) is 3.01. The lowest BCUT2D eigenvalue weighted by molar-refractivity contribution is -0.159. The van der Waals surface area contributed by atoms with E-state index in [0.717, 1.165) is 6.42 Å². The quantitative estimate of drug-likeness (QED) is 0.542. The van der Waals surface area contributed by atoms with Crippen molar-refractivity contribution in [2.24, 2.45) is 11.8 Å². The Kier molecular flexibility index (Phi) is 3.50. The molecule has 2 rings (SSSR count). The third-order valence-corrected chi connectivity index (χ3v) is 3.59. The van der Waals surface area contributed by atoms with Crippen molar-refractivity contribution in [3.8, 4) is 0 Å². The first kappa shape index (κ1) is 12.8. The van der Waals surface area contributed by atoms with Crippen LogP contribution in [0.1, 0.15) is 26.2 Å². The van der Waals surface area contributed by atoms with Crippen molar-refractivity contribution < 1.29 is 23.9 Å². The molecular formula is C13H16O5. The van der Waals surface area contributed by atoms with E-state index in [4.69, 9.17) is 4.74 Å². The molecule has 98 valence electrons. The summed E-state index contributed by atoms with van der Waals surface area (Å²) in [7, 11) is 1.27. The average molecular weight is 252 g/mol. The zero-order chi connectivity index (χ0) is 13.3. The third kappa shape index (κ3) is 2.17. The number of carbonyl (C=O) groups is 3. The number of esters is 2. The van der Waals surface area contributed by atoms with Crippen LogP contribution >= 0.6 is 0 Å². The molecule has 1 heterocycles. The van der Waals surface area contributed by atoms with E-state index in [9.17, 15) is 14.4 Å². The Bertz CT molecular complexity index is 415. The molecule has 1 saturated carbocycles. The van der Waals surface area contributed by atoms with Gasteiger partial charge in [0.25, 0.3) is 0 Å². The van der Waals surface area contributed by atoms with Gasteiger partial charge in [0.1, 0.15) is 17.8 Å². The number of cyclic esters (lactones) is 1. The second kappa shape index (κ2) is 4.92. The van der Waals surface area contributed by atoms with E-state index in [1.165, 1.54) is 7.11 Å². The van der Waals surface area contributed by atoms with Crippen LogP contribution in [0, 0.1) is 11.8 Å². The molecule has 5 heteroatoms. The summed E-state index contributed by atoms with van der Waals surface area (Å²) in [4.78, 5) is 34.9. The molecule has 3 atom stereocenters. The van der Waals surface area contributed by atoms with Gasteiger partial charge in [-0.25, -0.2) is 4.79 Å². The largest absolute Gasteiger partial charge is 0.468 e. The summed E-state index contributed by atoms with van der Waals surface area (Å²) >= 11 is 0. The van der Waals surface area contributed by atoms with E-state index in [2.05, 4.69) is 4.74 Å². The van der Waals surface area contributed by atoms with Gasteiger partial charge in [-0.2, -0.15) is 0 Å². The number of methoxy groups -OCH3 is 1. The number of Topliss-reactive ketones (excluding diaryl/α,β-unsaturated/α-hetero) is 1. The molecule has 0 N–H and O–H groups in total. The number of carbonyl (C=O) groups excluding carboxylic acids is 3. The predicted molar refractivity (Wildman–Crippen MR) is 61.5 cm³/mol. The Morgan fingerprint density at radius 1 is 1.44 bits per heavy atom. The summed E-state index contributed by atoms with van der Waals surface area (Å²) in [5.74, 6) is -2.11. The zero-order valence-corrected chi connectivity index (χ0v) is 10.5. The SMILES string of the molecule is COC(=O)C1C(=O)CCC[C@@H]1[C@H]1C=C(C)C(=O)O1. The lowest BCUT2D eigenvalue weighted by Crippen LogP contribution is -2.41. The number of hydrogen-bond donors (Lipinski definition) is 0. The summed E-state index contributed by atoms with van der Waals surface area (Å²) < 4.78 is 9.88. The van der Waals surface area contributed by atoms with Crippen molar-refractivity contribution in [2.75, 3.05) is 7.11 Å². The number of rotatable bonds is 2. The summed E-state index contributed by atoms with van der Waals surface area (Å²) in [6, 6.07) is 0. The van der Waals surface area contributed by atoms with Crippen LogP contribution in [0.25, 0.3) is 0 Å². The first-order chi connectivity index (χ1) is 8.54. The van der Waals surface area contributed by atoms with E-state index in [0.29, 0.717) is 18.4 Å². The van der Waals surface area contributed by atoms with Crippen LogP contribution in [0.2, 0.25) is 0 Å². The van der Waals surface area contributed by atoms with Gasteiger partial charge in [0.15, 0.2) is 0 Å². The normalized spacial score (nSPS) is 31.9. The fourth-order valence-corrected chi connectivity index (χ4v) is 2.64. The molecule has 1 aliphatic carbocycles. The second-order valence-corrected chi connectivity index (χ2v) is 4.74. The predicted octanol–water partition coefficient (Wildman–Crippen LogP) is 1.02. The summed E-state index contributed by atoms with van der Waals surface area (Å²) in [5.41, 5.74) is 0.529. The topological polar surface area (TPSA) is 69.7 Å². The van der Waals surface area contributed by atoms with Crippen LogP contribution in [0.15, 0.2) is 11.6 Å².